The average Bonchev–Trinajstić information content (AvgIpc) is 3.46. The molecule has 5 rings (SSSR count). The predicted molar refractivity (Wildman–Crippen MR) is 139 cm³/mol. The number of aromatic amines is 1. The number of H-pyrrole nitrogens is 1. The van der Waals surface area contributed by atoms with Crippen molar-refractivity contribution < 1.29 is 14.6 Å². The summed E-state index contributed by atoms with van der Waals surface area (Å²) in [5.41, 5.74) is 6.06. The number of carboxylic acid groups (broad SMARTS) is 1. The van der Waals surface area contributed by atoms with Crippen LogP contribution in [0.1, 0.15) is 32.9 Å². The van der Waals surface area contributed by atoms with Crippen LogP contribution in [-0.2, 0) is 19.4 Å². The number of tetrazole rings is 1. The van der Waals surface area contributed by atoms with Crippen molar-refractivity contribution in [3.05, 3.63) is 113 Å². The molecular formula is C29H25N5O3. The van der Waals surface area contributed by atoms with E-state index >= 15 is 0 Å². The molecule has 0 radical (unpaired) electrons. The third kappa shape index (κ3) is 5.54. The second-order valence-electron chi connectivity index (χ2n) is 8.64. The number of pyridine rings is 1. The van der Waals surface area contributed by atoms with E-state index in [0.717, 1.165) is 27.8 Å². The number of rotatable bonds is 9. The Morgan fingerprint density at radius 1 is 0.892 bits per heavy atom. The molecule has 37 heavy (non-hydrogen) atoms. The van der Waals surface area contributed by atoms with Gasteiger partial charge in [0.25, 0.3) is 0 Å². The molecule has 8 nitrogen and oxygen atoms in total. The molecule has 0 aliphatic rings. The van der Waals surface area contributed by atoms with Crippen LogP contribution in [0.2, 0.25) is 0 Å². The largest absolute Gasteiger partial charge is 0.488 e. The van der Waals surface area contributed by atoms with E-state index in [-0.39, 0.29) is 12.2 Å². The fourth-order valence-electron chi connectivity index (χ4n) is 4.31. The summed E-state index contributed by atoms with van der Waals surface area (Å²) in [7, 11) is 0. The summed E-state index contributed by atoms with van der Waals surface area (Å²) in [4.78, 5) is 16.8. The molecular weight excluding hydrogens is 466 g/mol. The van der Waals surface area contributed by atoms with E-state index in [9.17, 15) is 9.90 Å². The first-order valence-corrected chi connectivity index (χ1v) is 11.9. The number of ether oxygens (including phenoxy) is 1. The molecule has 2 N–H and O–H groups in total. The SMILES string of the molecule is Cc1cc(OCc2ccc(-c3ccccc3)c(-c3nn[nH]n3)c2)c(C(=O)O)c(CCc2ccccc2)n1. The first kappa shape index (κ1) is 23.9. The highest BCUT2D eigenvalue weighted by Gasteiger charge is 2.20. The van der Waals surface area contributed by atoms with Crippen molar-refractivity contribution in [1.29, 1.82) is 0 Å². The van der Waals surface area contributed by atoms with Gasteiger partial charge in [-0.2, -0.15) is 5.21 Å². The Kier molecular flexibility index (Phi) is 6.98. The quantitative estimate of drug-likeness (QED) is 0.288. The van der Waals surface area contributed by atoms with Crippen molar-refractivity contribution in [2.75, 3.05) is 0 Å². The summed E-state index contributed by atoms with van der Waals surface area (Å²) in [5.74, 6) is -0.288. The number of aryl methyl sites for hydroxylation is 3. The van der Waals surface area contributed by atoms with Crippen LogP contribution in [0.4, 0.5) is 0 Å². The number of nitrogens with one attached hydrogen (secondary N) is 1. The zero-order valence-electron chi connectivity index (χ0n) is 20.3. The topological polar surface area (TPSA) is 114 Å². The van der Waals surface area contributed by atoms with Gasteiger partial charge in [0, 0.05) is 17.3 Å². The molecule has 8 heteroatoms. The predicted octanol–water partition coefficient (Wildman–Crippen LogP) is 5.30. The van der Waals surface area contributed by atoms with Gasteiger partial charge in [0.05, 0.1) is 5.69 Å². The Morgan fingerprint density at radius 2 is 1.65 bits per heavy atom. The molecule has 0 bridgehead atoms. The second kappa shape index (κ2) is 10.8. The molecule has 3 aromatic carbocycles. The monoisotopic (exact) mass is 491 g/mol. The Bertz CT molecular complexity index is 1500. The van der Waals surface area contributed by atoms with Crippen molar-refractivity contribution in [3.63, 3.8) is 0 Å². The summed E-state index contributed by atoms with van der Waals surface area (Å²) < 4.78 is 6.09. The summed E-state index contributed by atoms with van der Waals surface area (Å²) in [6.07, 6.45) is 1.18. The van der Waals surface area contributed by atoms with Crippen LogP contribution in [0.25, 0.3) is 22.5 Å². The van der Waals surface area contributed by atoms with Gasteiger partial charge in [-0.1, -0.05) is 72.8 Å². The number of carbonyl (C=O) groups is 1. The zero-order chi connectivity index (χ0) is 25.6. The highest BCUT2D eigenvalue weighted by Crippen LogP contribution is 2.32. The van der Waals surface area contributed by atoms with E-state index in [0.29, 0.717) is 35.8 Å². The Labute approximate surface area is 214 Å². The fourth-order valence-corrected chi connectivity index (χ4v) is 4.31. The lowest BCUT2D eigenvalue weighted by Gasteiger charge is -2.15. The first-order valence-electron chi connectivity index (χ1n) is 11.9. The number of carboxylic acids is 1. The lowest BCUT2D eigenvalue weighted by atomic mass is 9.97. The van der Waals surface area contributed by atoms with E-state index in [1.54, 1.807) is 6.07 Å². The molecule has 0 saturated carbocycles. The van der Waals surface area contributed by atoms with E-state index in [4.69, 9.17) is 4.74 Å². The summed E-state index contributed by atoms with van der Waals surface area (Å²) in [5, 5.41) is 24.6. The standard InChI is InChI=1S/C29H25N5O3/c1-19-16-26(27(29(35)36)25(30-19)15-13-20-8-4-2-5-9-20)37-18-21-12-14-23(22-10-6-3-7-11-22)24(17-21)28-31-33-34-32-28/h2-12,14,16-17H,13,15,18H2,1H3,(H,35,36)(H,31,32,33,34). The van der Waals surface area contributed by atoms with Gasteiger partial charge < -0.3 is 9.84 Å². The molecule has 2 heterocycles. The van der Waals surface area contributed by atoms with Gasteiger partial charge >= 0.3 is 5.97 Å². The zero-order valence-corrected chi connectivity index (χ0v) is 20.3. The second-order valence-corrected chi connectivity index (χ2v) is 8.64. The van der Waals surface area contributed by atoms with Crippen molar-refractivity contribution in [3.8, 4) is 28.3 Å². The van der Waals surface area contributed by atoms with Crippen LogP contribution >= 0.6 is 0 Å². The molecule has 0 amide bonds. The Balaban J connectivity index is 1.43. The Morgan fingerprint density at radius 3 is 2.35 bits per heavy atom. The van der Waals surface area contributed by atoms with Gasteiger partial charge in [0.2, 0.25) is 5.82 Å². The lowest BCUT2D eigenvalue weighted by Crippen LogP contribution is -2.11. The van der Waals surface area contributed by atoms with Crippen LogP contribution in [-0.4, -0.2) is 36.7 Å². The van der Waals surface area contributed by atoms with Gasteiger partial charge in [-0.25, -0.2) is 4.79 Å². The number of hydrogen-bond acceptors (Lipinski definition) is 6. The van der Waals surface area contributed by atoms with Gasteiger partial charge in [0.15, 0.2) is 0 Å². The van der Waals surface area contributed by atoms with Crippen molar-refractivity contribution >= 4 is 5.97 Å². The summed E-state index contributed by atoms with van der Waals surface area (Å²) in [6.45, 7) is 2.01. The van der Waals surface area contributed by atoms with Crippen LogP contribution in [0, 0.1) is 6.92 Å². The van der Waals surface area contributed by atoms with Crippen molar-refractivity contribution in [2.45, 2.75) is 26.4 Å². The van der Waals surface area contributed by atoms with Gasteiger partial charge in [-0.05, 0) is 53.3 Å². The number of benzene rings is 3. The molecule has 0 aliphatic heterocycles. The van der Waals surface area contributed by atoms with Gasteiger partial charge in [-0.15, -0.1) is 10.2 Å². The van der Waals surface area contributed by atoms with Crippen LogP contribution in [0.5, 0.6) is 5.75 Å². The molecule has 0 fully saturated rings. The van der Waals surface area contributed by atoms with E-state index < -0.39 is 5.97 Å². The number of nitrogens with zero attached hydrogens (tertiary/aromatic N) is 4. The summed E-state index contributed by atoms with van der Waals surface area (Å²) >= 11 is 0. The molecule has 184 valence electrons. The Hall–Kier alpha value is -4.85. The van der Waals surface area contributed by atoms with Gasteiger partial charge in [-0.3, -0.25) is 4.98 Å². The maximum Gasteiger partial charge on any atom is 0.341 e. The fraction of sp³-hybridized carbons (Fsp3) is 0.138. The maximum absolute atomic E-state index is 12.2. The molecule has 0 aliphatic carbocycles. The first-order chi connectivity index (χ1) is 18.1. The minimum Gasteiger partial charge on any atom is -0.488 e. The van der Waals surface area contributed by atoms with Crippen LogP contribution in [0.3, 0.4) is 0 Å². The van der Waals surface area contributed by atoms with Crippen LogP contribution < -0.4 is 4.74 Å². The molecule has 0 saturated heterocycles. The summed E-state index contributed by atoms with van der Waals surface area (Å²) in [6, 6.07) is 27.4. The molecule has 5 aromatic rings. The molecule has 0 unspecified atom stereocenters. The normalized spacial score (nSPS) is 10.8. The van der Waals surface area contributed by atoms with Crippen molar-refractivity contribution in [1.82, 2.24) is 25.6 Å². The van der Waals surface area contributed by atoms with E-state index in [1.807, 2.05) is 85.8 Å². The van der Waals surface area contributed by atoms with E-state index in [1.165, 1.54) is 0 Å². The number of aromatic nitrogens is 5. The third-order valence-corrected chi connectivity index (χ3v) is 6.04. The van der Waals surface area contributed by atoms with Crippen LogP contribution in [0.15, 0.2) is 84.9 Å². The minimum absolute atomic E-state index is 0.0980. The highest BCUT2D eigenvalue weighted by molar-refractivity contribution is 5.92. The van der Waals surface area contributed by atoms with Gasteiger partial charge in [0.1, 0.15) is 17.9 Å². The number of aromatic carboxylic acids is 1. The molecule has 2 aromatic heterocycles. The highest BCUT2D eigenvalue weighted by atomic mass is 16.5. The van der Waals surface area contributed by atoms with Crippen molar-refractivity contribution in [2.24, 2.45) is 0 Å². The third-order valence-electron chi connectivity index (χ3n) is 6.04. The smallest absolute Gasteiger partial charge is 0.341 e. The maximum atomic E-state index is 12.2. The average molecular weight is 492 g/mol. The molecule has 0 atom stereocenters. The lowest BCUT2D eigenvalue weighted by molar-refractivity contribution is 0.0689. The molecule has 0 spiro atoms. The number of hydrogen-bond donors (Lipinski definition) is 2. The van der Waals surface area contributed by atoms with E-state index in [2.05, 4.69) is 25.6 Å². The minimum atomic E-state index is -1.06.